The lowest BCUT2D eigenvalue weighted by molar-refractivity contribution is 0.380. The maximum absolute atomic E-state index is 3.53. The van der Waals surface area contributed by atoms with Crippen LogP contribution in [0.15, 0.2) is 18.3 Å². The normalized spacial score (nSPS) is 12.4. The standard InChI is InChI=1S/C14H27N3/c1-14(2,3)15-12-13-8-6-10-17(13)11-7-9-16(4)5/h6,8,10,15H,7,9,11-12H2,1-5H3. The van der Waals surface area contributed by atoms with Gasteiger partial charge in [-0.05, 0) is 60.0 Å². The molecule has 0 aliphatic rings. The van der Waals surface area contributed by atoms with Crippen molar-refractivity contribution < 1.29 is 0 Å². The Hall–Kier alpha value is -0.800. The Morgan fingerprint density at radius 2 is 2.00 bits per heavy atom. The molecule has 0 saturated heterocycles. The van der Waals surface area contributed by atoms with Crippen LogP contribution in [0.1, 0.15) is 32.9 Å². The molecule has 1 aromatic heterocycles. The van der Waals surface area contributed by atoms with E-state index in [2.05, 4.69) is 68.0 Å². The molecule has 1 N–H and O–H groups in total. The van der Waals surface area contributed by atoms with Crippen LogP contribution in [0.5, 0.6) is 0 Å². The smallest absolute Gasteiger partial charge is 0.0363 e. The molecule has 0 aliphatic carbocycles. The predicted molar refractivity (Wildman–Crippen MR) is 74.2 cm³/mol. The van der Waals surface area contributed by atoms with E-state index in [0.717, 1.165) is 19.6 Å². The van der Waals surface area contributed by atoms with E-state index in [1.54, 1.807) is 0 Å². The summed E-state index contributed by atoms with van der Waals surface area (Å²) in [6.07, 6.45) is 3.37. The molecule has 0 fully saturated rings. The van der Waals surface area contributed by atoms with Gasteiger partial charge in [-0.2, -0.15) is 0 Å². The fourth-order valence-electron chi connectivity index (χ4n) is 1.74. The SMILES string of the molecule is CN(C)CCCn1cccc1CNC(C)(C)C. The second-order valence-electron chi connectivity index (χ2n) is 5.95. The van der Waals surface area contributed by atoms with Crippen molar-refractivity contribution in [2.75, 3.05) is 20.6 Å². The number of hydrogen-bond acceptors (Lipinski definition) is 2. The van der Waals surface area contributed by atoms with Gasteiger partial charge in [0.05, 0.1) is 0 Å². The second-order valence-corrected chi connectivity index (χ2v) is 5.95. The van der Waals surface area contributed by atoms with E-state index in [1.807, 2.05) is 0 Å². The number of aryl methyl sites for hydroxylation is 1. The van der Waals surface area contributed by atoms with Crippen LogP contribution < -0.4 is 5.32 Å². The monoisotopic (exact) mass is 237 g/mol. The first-order valence-corrected chi connectivity index (χ1v) is 6.42. The predicted octanol–water partition coefficient (Wildman–Crippen LogP) is 2.33. The molecule has 17 heavy (non-hydrogen) atoms. The molecule has 0 bridgehead atoms. The summed E-state index contributed by atoms with van der Waals surface area (Å²) < 4.78 is 2.35. The summed E-state index contributed by atoms with van der Waals surface area (Å²) >= 11 is 0. The lowest BCUT2D eigenvalue weighted by Crippen LogP contribution is -2.35. The Balaban J connectivity index is 2.43. The zero-order chi connectivity index (χ0) is 12.9. The van der Waals surface area contributed by atoms with Gasteiger partial charge in [-0.25, -0.2) is 0 Å². The first-order valence-electron chi connectivity index (χ1n) is 6.42. The third kappa shape index (κ3) is 5.89. The van der Waals surface area contributed by atoms with E-state index in [9.17, 15) is 0 Å². The minimum absolute atomic E-state index is 0.179. The molecule has 3 nitrogen and oxygen atoms in total. The topological polar surface area (TPSA) is 20.2 Å². The van der Waals surface area contributed by atoms with Gasteiger partial charge in [-0.15, -0.1) is 0 Å². The summed E-state index contributed by atoms with van der Waals surface area (Å²) in [4.78, 5) is 2.23. The molecule has 1 aromatic rings. The van der Waals surface area contributed by atoms with Crippen LogP contribution in [0.2, 0.25) is 0 Å². The van der Waals surface area contributed by atoms with Gasteiger partial charge in [-0.1, -0.05) is 0 Å². The summed E-state index contributed by atoms with van der Waals surface area (Å²) in [6, 6.07) is 4.34. The van der Waals surface area contributed by atoms with E-state index < -0.39 is 0 Å². The van der Waals surface area contributed by atoms with Gasteiger partial charge < -0.3 is 14.8 Å². The molecule has 0 radical (unpaired) electrons. The second kappa shape index (κ2) is 6.22. The number of nitrogens with one attached hydrogen (secondary N) is 1. The zero-order valence-electron chi connectivity index (χ0n) is 12.0. The summed E-state index contributed by atoms with van der Waals surface area (Å²) in [5.74, 6) is 0. The maximum Gasteiger partial charge on any atom is 0.0363 e. The highest BCUT2D eigenvalue weighted by atomic mass is 15.1. The van der Waals surface area contributed by atoms with E-state index in [0.29, 0.717) is 0 Å². The van der Waals surface area contributed by atoms with Crippen molar-refractivity contribution in [1.29, 1.82) is 0 Å². The van der Waals surface area contributed by atoms with Crippen molar-refractivity contribution in [2.24, 2.45) is 0 Å². The molecule has 0 amide bonds. The van der Waals surface area contributed by atoms with Gasteiger partial charge in [0, 0.05) is 30.5 Å². The quantitative estimate of drug-likeness (QED) is 0.819. The Morgan fingerprint density at radius 1 is 1.29 bits per heavy atom. The first-order chi connectivity index (χ1) is 7.88. The fraction of sp³-hybridized carbons (Fsp3) is 0.714. The van der Waals surface area contributed by atoms with Crippen molar-refractivity contribution in [1.82, 2.24) is 14.8 Å². The highest BCUT2D eigenvalue weighted by Gasteiger charge is 2.09. The largest absolute Gasteiger partial charge is 0.350 e. The highest BCUT2D eigenvalue weighted by molar-refractivity contribution is 5.07. The average molecular weight is 237 g/mol. The van der Waals surface area contributed by atoms with Gasteiger partial charge in [0.1, 0.15) is 0 Å². The van der Waals surface area contributed by atoms with E-state index in [1.165, 1.54) is 12.1 Å². The van der Waals surface area contributed by atoms with Crippen LogP contribution in [-0.4, -0.2) is 35.6 Å². The minimum Gasteiger partial charge on any atom is -0.350 e. The molecule has 0 aromatic carbocycles. The van der Waals surface area contributed by atoms with Crippen LogP contribution >= 0.6 is 0 Å². The molecule has 0 unspecified atom stereocenters. The molecule has 0 aliphatic heterocycles. The van der Waals surface area contributed by atoms with Crippen LogP contribution in [0.4, 0.5) is 0 Å². The van der Waals surface area contributed by atoms with Crippen molar-refractivity contribution >= 4 is 0 Å². The Bertz CT molecular complexity index is 320. The maximum atomic E-state index is 3.53. The Morgan fingerprint density at radius 3 is 2.59 bits per heavy atom. The van der Waals surface area contributed by atoms with Crippen molar-refractivity contribution in [2.45, 2.75) is 45.8 Å². The van der Waals surface area contributed by atoms with Gasteiger partial charge in [0.25, 0.3) is 0 Å². The van der Waals surface area contributed by atoms with E-state index in [-0.39, 0.29) is 5.54 Å². The zero-order valence-corrected chi connectivity index (χ0v) is 12.0. The van der Waals surface area contributed by atoms with Crippen molar-refractivity contribution in [3.8, 4) is 0 Å². The van der Waals surface area contributed by atoms with Crippen molar-refractivity contribution in [3.05, 3.63) is 24.0 Å². The molecule has 0 spiro atoms. The summed E-state index contributed by atoms with van der Waals surface area (Å²) in [7, 11) is 4.25. The molecule has 1 heterocycles. The Labute approximate surface area is 106 Å². The van der Waals surface area contributed by atoms with E-state index >= 15 is 0 Å². The van der Waals surface area contributed by atoms with Crippen LogP contribution in [-0.2, 0) is 13.1 Å². The Kier molecular flexibility index (Phi) is 5.22. The molecule has 1 rings (SSSR count). The molecule has 0 saturated carbocycles. The van der Waals surface area contributed by atoms with Gasteiger partial charge >= 0.3 is 0 Å². The van der Waals surface area contributed by atoms with Gasteiger partial charge in [0.2, 0.25) is 0 Å². The third-order valence-electron chi connectivity index (χ3n) is 2.73. The van der Waals surface area contributed by atoms with Crippen LogP contribution in [0.25, 0.3) is 0 Å². The van der Waals surface area contributed by atoms with Gasteiger partial charge in [-0.3, -0.25) is 0 Å². The molecule has 0 atom stereocenters. The lowest BCUT2D eigenvalue weighted by Gasteiger charge is -2.21. The van der Waals surface area contributed by atoms with Gasteiger partial charge in [0.15, 0.2) is 0 Å². The summed E-state index contributed by atoms with van der Waals surface area (Å²) in [5, 5.41) is 3.53. The number of hydrogen-bond donors (Lipinski definition) is 1. The molecule has 98 valence electrons. The summed E-state index contributed by atoms with van der Waals surface area (Å²) in [5.41, 5.74) is 1.55. The highest BCUT2D eigenvalue weighted by Crippen LogP contribution is 2.07. The molecular formula is C14H27N3. The molecular weight excluding hydrogens is 210 g/mol. The minimum atomic E-state index is 0.179. The van der Waals surface area contributed by atoms with Crippen LogP contribution in [0, 0.1) is 0 Å². The lowest BCUT2D eigenvalue weighted by atomic mass is 10.1. The van der Waals surface area contributed by atoms with E-state index in [4.69, 9.17) is 0 Å². The third-order valence-corrected chi connectivity index (χ3v) is 2.73. The fourth-order valence-corrected chi connectivity index (χ4v) is 1.74. The molecule has 3 heteroatoms. The first kappa shape index (κ1) is 14.3. The number of rotatable bonds is 6. The van der Waals surface area contributed by atoms with Crippen LogP contribution in [0.3, 0.4) is 0 Å². The van der Waals surface area contributed by atoms with Crippen molar-refractivity contribution in [3.63, 3.8) is 0 Å². The number of aromatic nitrogens is 1. The average Bonchev–Trinajstić information content (AvgIpc) is 2.61. The number of nitrogens with zero attached hydrogens (tertiary/aromatic N) is 2. The summed E-state index contributed by atoms with van der Waals surface area (Å²) in [6.45, 7) is 9.79.